The van der Waals surface area contributed by atoms with E-state index in [0.29, 0.717) is 6.42 Å². The molecule has 3 heteroatoms. The number of hydrogen-bond donors (Lipinski definition) is 1. The van der Waals surface area contributed by atoms with Gasteiger partial charge < -0.3 is 5.11 Å². The van der Waals surface area contributed by atoms with Crippen molar-refractivity contribution >= 4 is 74.9 Å². The molecule has 0 saturated heterocycles. The van der Waals surface area contributed by atoms with E-state index in [4.69, 9.17) is 5.11 Å². The molecule has 0 bridgehead atoms. The normalized spacial score (nSPS) is 8.11. The quantitative estimate of drug-likeness (QED) is 0.756. The van der Waals surface area contributed by atoms with E-state index in [1.807, 2.05) is 0 Å². The first-order valence-corrected chi connectivity index (χ1v) is 2.99. The van der Waals surface area contributed by atoms with Gasteiger partial charge in [-0.05, 0) is 6.42 Å². The van der Waals surface area contributed by atoms with Crippen LogP contribution in [-0.2, 0) is 4.79 Å². The number of hydrogen-bond acceptors (Lipinski definition) is 1. The van der Waals surface area contributed by atoms with Gasteiger partial charge >= 0.3 is 74.9 Å². The van der Waals surface area contributed by atoms with Gasteiger partial charge in [-0.3, -0.25) is 4.79 Å². The number of aliphatic carboxylic acids is 1. The summed E-state index contributed by atoms with van der Waals surface area (Å²) in [4.78, 5) is 9.87. The van der Waals surface area contributed by atoms with Crippen LogP contribution >= 0.6 is 0 Å². The van der Waals surface area contributed by atoms with Crippen LogP contribution in [-0.4, -0.2) is 80.0 Å². The summed E-state index contributed by atoms with van der Waals surface area (Å²) in [6, 6.07) is 0. The average molecular weight is 250 g/mol. The van der Waals surface area contributed by atoms with Gasteiger partial charge in [-0.1, -0.05) is 19.8 Å². The number of carbonyl (C=O) groups is 1. The Morgan fingerprint density at radius 1 is 1.44 bits per heavy atom. The molecule has 0 unspecified atom stereocenters. The van der Waals surface area contributed by atoms with Crippen LogP contribution in [0.25, 0.3) is 0 Å². The van der Waals surface area contributed by atoms with Crippen LogP contribution in [0.4, 0.5) is 0 Å². The van der Waals surface area contributed by atoms with Gasteiger partial charge in [0.2, 0.25) is 0 Å². The molecule has 1 N–H and O–H groups in total. The van der Waals surface area contributed by atoms with Crippen molar-refractivity contribution in [3.8, 4) is 0 Å². The van der Waals surface area contributed by atoms with E-state index in [1.165, 1.54) is 0 Å². The van der Waals surface area contributed by atoms with E-state index in [2.05, 4.69) is 6.92 Å². The Hall–Kier alpha value is 1.52. The summed E-state index contributed by atoms with van der Waals surface area (Å²) in [5.74, 6) is -0.682. The predicted molar refractivity (Wildman–Crippen MR) is 38.9 cm³/mol. The third-order valence-corrected chi connectivity index (χ3v) is 0.994. The Kier molecular flexibility index (Phi) is 13.9. The van der Waals surface area contributed by atoms with Crippen LogP contribution in [0.5, 0.6) is 0 Å². The molecule has 0 aliphatic heterocycles. The molecule has 0 fully saturated rings. The molecule has 0 aliphatic rings. The average Bonchev–Trinajstić information content (AvgIpc) is 1.66. The van der Waals surface area contributed by atoms with Crippen molar-refractivity contribution in [1.82, 2.24) is 0 Å². The first-order chi connectivity index (χ1) is 3.77. The predicted octanol–water partition coefficient (Wildman–Crippen LogP) is 1.00. The monoisotopic (exact) mass is 250 g/mol. The molecule has 9 heavy (non-hydrogen) atoms. The number of rotatable bonds is 4. The SMILES string of the molecule is CCCCCC(=O)O.[CsH]. The van der Waals surface area contributed by atoms with Crippen molar-refractivity contribution in [1.29, 1.82) is 0 Å². The summed E-state index contributed by atoms with van der Waals surface area (Å²) in [6.45, 7) is 2.06. The molecule has 2 nitrogen and oxygen atoms in total. The van der Waals surface area contributed by atoms with Gasteiger partial charge in [-0.25, -0.2) is 0 Å². The molecule has 0 aromatic rings. The van der Waals surface area contributed by atoms with Gasteiger partial charge in [0.05, 0.1) is 0 Å². The molecule has 0 rings (SSSR count). The van der Waals surface area contributed by atoms with Crippen molar-refractivity contribution in [2.24, 2.45) is 0 Å². The molecule has 0 aromatic heterocycles. The minimum absolute atomic E-state index is 0. The molecule has 50 valence electrons. The summed E-state index contributed by atoms with van der Waals surface area (Å²) >= 11 is 0. The second kappa shape index (κ2) is 9.52. The standard InChI is InChI=1S/C6H12O2.Cs.H/c1-2-3-4-5-6(7)8;;/h2-5H2,1H3,(H,7,8);;. The number of carboxylic acids is 1. The maximum atomic E-state index is 9.87. The van der Waals surface area contributed by atoms with E-state index in [1.54, 1.807) is 0 Å². The Labute approximate surface area is 115 Å². The van der Waals surface area contributed by atoms with Crippen molar-refractivity contribution in [2.45, 2.75) is 32.6 Å². The molecule has 0 radical (unpaired) electrons. The summed E-state index contributed by atoms with van der Waals surface area (Å²) in [5, 5.41) is 8.14. The zero-order valence-electron chi connectivity index (χ0n) is 5.18. The Morgan fingerprint density at radius 3 is 2.33 bits per heavy atom. The van der Waals surface area contributed by atoms with Crippen LogP contribution < -0.4 is 0 Å². The van der Waals surface area contributed by atoms with Gasteiger partial charge in [0.15, 0.2) is 0 Å². The Bertz CT molecular complexity index is 73.5. The third kappa shape index (κ3) is 12.7. The summed E-state index contributed by atoms with van der Waals surface area (Å²) in [7, 11) is 0. The van der Waals surface area contributed by atoms with Gasteiger partial charge in [0, 0.05) is 6.42 Å². The molecular weight excluding hydrogens is 237 g/mol. The number of carboxylic acid groups (broad SMARTS) is 1. The molecule has 0 heterocycles. The van der Waals surface area contributed by atoms with Gasteiger partial charge in [-0.2, -0.15) is 0 Å². The van der Waals surface area contributed by atoms with Gasteiger partial charge in [0.1, 0.15) is 0 Å². The number of unbranched alkanes of at least 4 members (excludes halogenated alkanes) is 2. The molecule has 0 spiro atoms. The second-order valence-corrected chi connectivity index (χ2v) is 1.85. The van der Waals surface area contributed by atoms with Crippen molar-refractivity contribution in [3.63, 3.8) is 0 Å². The molecule has 0 amide bonds. The fourth-order valence-corrected chi connectivity index (χ4v) is 0.526. The van der Waals surface area contributed by atoms with E-state index in [-0.39, 0.29) is 68.9 Å². The van der Waals surface area contributed by atoms with Crippen LogP contribution in [0.3, 0.4) is 0 Å². The zero-order valence-corrected chi connectivity index (χ0v) is 5.18. The fourth-order valence-electron chi connectivity index (χ4n) is 0.526. The summed E-state index contributed by atoms with van der Waals surface area (Å²) in [5.41, 5.74) is 0. The van der Waals surface area contributed by atoms with E-state index >= 15 is 0 Å². The van der Waals surface area contributed by atoms with Crippen molar-refractivity contribution < 1.29 is 9.90 Å². The van der Waals surface area contributed by atoms with Gasteiger partial charge in [-0.15, -0.1) is 0 Å². The van der Waals surface area contributed by atoms with Crippen LogP contribution in [0.2, 0.25) is 0 Å². The molecule has 0 atom stereocenters. The van der Waals surface area contributed by atoms with Crippen LogP contribution in [0, 0.1) is 0 Å². The van der Waals surface area contributed by atoms with Crippen molar-refractivity contribution in [2.75, 3.05) is 0 Å². The fraction of sp³-hybridized carbons (Fsp3) is 0.833. The molecular formula is C6H13CsO2. The second-order valence-electron chi connectivity index (χ2n) is 1.85. The molecule has 0 saturated carbocycles. The van der Waals surface area contributed by atoms with E-state index < -0.39 is 5.97 Å². The zero-order chi connectivity index (χ0) is 6.41. The maximum absolute atomic E-state index is 9.87. The van der Waals surface area contributed by atoms with E-state index in [0.717, 1.165) is 19.3 Å². The minimum atomic E-state index is -0.682. The Balaban J connectivity index is 0. The molecule has 0 aliphatic carbocycles. The summed E-state index contributed by atoms with van der Waals surface area (Å²) in [6.07, 6.45) is 3.28. The van der Waals surface area contributed by atoms with Gasteiger partial charge in [0.25, 0.3) is 0 Å². The molecule has 0 aromatic carbocycles. The van der Waals surface area contributed by atoms with Crippen molar-refractivity contribution in [3.05, 3.63) is 0 Å². The first kappa shape index (κ1) is 13.1. The summed E-state index contributed by atoms with van der Waals surface area (Å²) < 4.78 is 0. The van der Waals surface area contributed by atoms with Crippen LogP contribution in [0.15, 0.2) is 0 Å². The topological polar surface area (TPSA) is 37.3 Å². The third-order valence-electron chi connectivity index (χ3n) is 0.994. The first-order valence-electron chi connectivity index (χ1n) is 2.99. The van der Waals surface area contributed by atoms with Crippen LogP contribution in [0.1, 0.15) is 32.6 Å². The Morgan fingerprint density at radius 2 is 2.00 bits per heavy atom. The van der Waals surface area contributed by atoms with E-state index in [9.17, 15) is 4.79 Å².